The number of nitrogens with zero attached hydrogens (tertiary/aromatic N) is 1. The molecule has 186 valence electrons. The topological polar surface area (TPSA) is 91.6 Å². The maximum Gasteiger partial charge on any atom is 0.244 e. The van der Waals surface area contributed by atoms with Gasteiger partial charge in [0.1, 0.15) is 23.4 Å². The molecule has 1 unspecified atom stereocenters. The van der Waals surface area contributed by atoms with Gasteiger partial charge in [0.05, 0.1) is 18.2 Å². The molecule has 36 heavy (non-hydrogen) atoms. The van der Waals surface area contributed by atoms with Crippen molar-refractivity contribution in [2.45, 2.75) is 46.3 Å². The van der Waals surface area contributed by atoms with E-state index in [0.717, 1.165) is 46.6 Å². The molecule has 6 nitrogen and oxygen atoms in total. The highest BCUT2D eigenvalue weighted by Crippen LogP contribution is 2.41. The third-order valence-electron chi connectivity index (χ3n) is 5.95. The Hall–Kier alpha value is -4.08. The predicted molar refractivity (Wildman–Crippen MR) is 141 cm³/mol. The van der Waals surface area contributed by atoms with Crippen LogP contribution in [0.5, 0.6) is 17.2 Å². The number of likely N-dealkylation sites (N-methyl/N-ethyl adjacent to an activating group) is 1. The molecule has 0 bridgehead atoms. The van der Waals surface area contributed by atoms with Crippen molar-refractivity contribution < 1.29 is 19.4 Å². The molecule has 3 aromatic rings. The number of carbonyl (C=O) groups excluding carboxylic acids is 1. The minimum Gasteiger partial charge on any atom is -0.486 e. The molecule has 1 aliphatic rings. The van der Waals surface area contributed by atoms with Crippen molar-refractivity contribution in [1.82, 2.24) is 5.32 Å². The fraction of sp³-hybridized carbons (Fsp3) is 0.267. The normalized spacial score (nSPS) is 14.1. The van der Waals surface area contributed by atoms with Crippen molar-refractivity contribution in [3.8, 4) is 23.3 Å². The van der Waals surface area contributed by atoms with Crippen LogP contribution in [0.1, 0.15) is 61.1 Å². The van der Waals surface area contributed by atoms with Gasteiger partial charge in [-0.15, -0.1) is 0 Å². The van der Waals surface area contributed by atoms with Gasteiger partial charge in [-0.3, -0.25) is 4.79 Å². The number of allylic oxidation sites excluding steroid dienone is 1. The van der Waals surface area contributed by atoms with Crippen molar-refractivity contribution >= 4 is 11.5 Å². The van der Waals surface area contributed by atoms with Gasteiger partial charge in [0, 0.05) is 18.7 Å². The Morgan fingerprint density at radius 2 is 1.86 bits per heavy atom. The Morgan fingerprint density at radius 1 is 1.14 bits per heavy atom. The lowest BCUT2D eigenvalue weighted by atomic mass is 10.1. The average molecular weight is 485 g/mol. The van der Waals surface area contributed by atoms with Crippen molar-refractivity contribution in [2.75, 3.05) is 7.05 Å². The second kappa shape index (κ2) is 12.6. The molecule has 4 rings (SSSR count). The summed E-state index contributed by atoms with van der Waals surface area (Å²) in [5.74, 6) is 1.96. The molecule has 0 fully saturated rings. The number of amides is 1. The van der Waals surface area contributed by atoms with Gasteiger partial charge in [0.15, 0.2) is 0 Å². The van der Waals surface area contributed by atoms with E-state index in [-0.39, 0.29) is 18.6 Å². The third-order valence-corrected chi connectivity index (χ3v) is 5.95. The molecule has 0 heterocycles. The van der Waals surface area contributed by atoms with Gasteiger partial charge < -0.3 is 19.9 Å². The molecule has 0 saturated heterocycles. The van der Waals surface area contributed by atoms with E-state index in [9.17, 15) is 9.90 Å². The summed E-state index contributed by atoms with van der Waals surface area (Å²) in [4.78, 5) is 11.6. The number of aliphatic hydroxyl groups excluding tert-OH is 1. The summed E-state index contributed by atoms with van der Waals surface area (Å²) in [6.45, 7) is 5.68. The molecule has 2 N–H and O–H groups in total. The van der Waals surface area contributed by atoms with Crippen LogP contribution in [-0.2, 0) is 17.8 Å². The Morgan fingerprint density at radius 3 is 2.53 bits per heavy atom. The molecule has 1 atom stereocenters. The first-order valence-corrected chi connectivity index (χ1v) is 12.1. The van der Waals surface area contributed by atoms with Crippen LogP contribution in [0.3, 0.4) is 0 Å². The molecular weight excluding hydrogens is 452 g/mol. The van der Waals surface area contributed by atoms with Crippen molar-refractivity contribution in [2.24, 2.45) is 0 Å². The van der Waals surface area contributed by atoms with Gasteiger partial charge in [-0.2, -0.15) is 5.26 Å². The Balaban J connectivity index is 0.00000176. The molecule has 0 saturated carbocycles. The van der Waals surface area contributed by atoms with Crippen LogP contribution in [0.15, 0.2) is 66.7 Å². The SMILES string of the molecule is CC.CNC(=O)/C=C(\C)c1ccc(OC2CCc3c(Oc4ccc(C#N)c(CO)c4)cccc32)cc1. The molecule has 3 aromatic carbocycles. The zero-order chi connectivity index (χ0) is 26.1. The second-order valence-electron chi connectivity index (χ2n) is 8.13. The average Bonchev–Trinajstić information content (AvgIpc) is 3.33. The fourth-order valence-electron chi connectivity index (χ4n) is 4.11. The monoisotopic (exact) mass is 484 g/mol. The van der Waals surface area contributed by atoms with E-state index in [0.29, 0.717) is 16.9 Å². The largest absolute Gasteiger partial charge is 0.486 e. The molecule has 0 radical (unpaired) electrons. The number of benzene rings is 3. The van der Waals surface area contributed by atoms with Crippen molar-refractivity contribution in [1.29, 1.82) is 5.26 Å². The number of aliphatic hydroxyl groups is 1. The minimum atomic E-state index is -0.219. The van der Waals surface area contributed by atoms with Crippen molar-refractivity contribution in [3.63, 3.8) is 0 Å². The van der Waals surface area contributed by atoms with E-state index in [1.807, 2.05) is 57.2 Å². The summed E-state index contributed by atoms with van der Waals surface area (Å²) in [7, 11) is 1.61. The third kappa shape index (κ3) is 6.12. The van der Waals surface area contributed by atoms with Gasteiger partial charge in [0.25, 0.3) is 0 Å². The van der Waals surface area contributed by atoms with Crippen LogP contribution >= 0.6 is 0 Å². The number of rotatable bonds is 7. The summed E-state index contributed by atoms with van der Waals surface area (Å²) in [6.07, 6.45) is 3.15. The summed E-state index contributed by atoms with van der Waals surface area (Å²) >= 11 is 0. The molecule has 0 aromatic heterocycles. The van der Waals surface area contributed by atoms with Gasteiger partial charge in [-0.25, -0.2) is 0 Å². The van der Waals surface area contributed by atoms with Gasteiger partial charge >= 0.3 is 0 Å². The van der Waals surface area contributed by atoms with Gasteiger partial charge in [0.2, 0.25) is 5.91 Å². The first-order chi connectivity index (χ1) is 17.5. The van der Waals surface area contributed by atoms with E-state index < -0.39 is 0 Å². The first kappa shape index (κ1) is 26.5. The Kier molecular flexibility index (Phi) is 9.26. The van der Waals surface area contributed by atoms with E-state index in [1.54, 1.807) is 31.3 Å². The van der Waals surface area contributed by atoms with E-state index in [2.05, 4.69) is 17.5 Å². The smallest absolute Gasteiger partial charge is 0.244 e. The Labute approximate surface area is 212 Å². The first-order valence-electron chi connectivity index (χ1n) is 12.1. The molecule has 6 heteroatoms. The highest BCUT2D eigenvalue weighted by atomic mass is 16.5. The number of hydrogen-bond donors (Lipinski definition) is 2. The van der Waals surface area contributed by atoms with Crippen LogP contribution in [0, 0.1) is 11.3 Å². The molecule has 1 amide bonds. The number of carbonyl (C=O) groups is 1. The lowest BCUT2D eigenvalue weighted by Crippen LogP contribution is -2.14. The molecule has 1 aliphatic carbocycles. The minimum absolute atomic E-state index is 0.0825. The van der Waals surface area contributed by atoms with Crippen LogP contribution in [-0.4, -0.2) is 18.1 Å². The lowest BCUT2D eigenvalue weighted by molar-refractivity contribution is -0.116. The van der Waals surface area contributed by atoms with Gasteiger partial charge in [-0.05, 0) is 78.4 Å². The van der Waals surface area contributed by atoms with Crippen LogP contribution in [0.2, 0.25) is 0 Å². The number of hydrogen-bond acceptors (Lipinski definition) is 5. The number of nitriles is 1. The second-order valence-corrected chi connectivity index (χ2v) is 8.13. The zero-order valence-corrected chi connectivity index (χ0v) is 21.2. The Bertz CT molecular complexity index is 1270. The maximum absolute atomic E-state index is 11.6. The highest BCUT2D eigenvalue weighted by molar-refractivity contribution is 5.94. The summed E-state index contributed by atoms with van der Waals surface area (Å²) in [5, 5.41) is 21.3. The van der Waals surface area contributed by atoms with Crippen molar-refractivity contribution in [3.05, 3.63) is 94.6 Å². The standard InChI is InChI=1S/C28H26N2O4.C2H6/c1-18(14-28(32)30-2)19-6-9-22(10-7-19)33-27-13-12-25-24(27)4-3-5-26(25)34-23-11-8-20(16-29)21(15-23)17-31;1-2/h3-11,14-15,27,31H,12-13,17H2,1-2H3,(H,30,32);1-2H3/b18-14+;. The lowest BCUT2D eigenvalue weighted by Gasteiger charge is -2.16. The van der Waals surface area contributed by atoms with E-state index in [1.165, 1.54) is 0 Å². The van der Waals surface area contributed by atoms with E-state index in [4.69, 9.17) is 14.7 Å². The van der Waals surface area contributed by atoms with Crippen LogP contribution in [0.25, 0.3) is 5.57 Å². The highest BCUT2D eigenvalue weighted by Gasteiger charge is 2.27. The van der Waals surface area contributed by atoms with Gasteiger partial charge in [-0.1, -0.05) is 38.1 Å². The number of fused-ring (bicyclic) bond motifs is 1. The zero-order valence-electron chi connectivity index (χ0n) is 21.2. The van der Waals surface area contributed by atoms with Crippen LogP contribution < -0.4 is 14.8 Å². The number of ether oxygens (including phenoxy) is 2. The maximum atomic E-state index is 11.6. The summed E-state index contributed by atoms with van der Waals surface area (Å²) < 4.78 is 12.4. The van der Waals surface area contributed by atoms with Crippen LogP contribution in [0.4, 0.5) is 0 Å². The van der Waals surface area contributed by atoms with E-state index >= 15 is 0 Å². The molecule has 0 spiro atoms. The summed E-state index contributed by atoms with van der Waals surface area (Å²) in [6, 6.07) is 20.8. The number of nitrogens with one attached hydrogen (secondary N) is 1. The fourth-order valence-corrected chi connectivity index (χ4v) is 4.11. The molecule has 0 aliphatic heterocycles. The summed E-state index contributed by atoms with van der Waals surface area (Å²) in [5.41, 5.74) is 5.01. The molecular formula is C30H32N2O4. The predicted octanol–water partition coefficient (Wildman–Crippen LogP) is 6.08. The quantitative estimate of drug-likeness (QED) is 0.396.